The third-order valence-electron chi connectivity index (χ3n) is 3.77. The van der Waals surface area contributed by atoms with Crippen molar-refractivity contribution in [2.24, 2.45) is 5.92 Å². The van der Waals surface area contributed by atoms with Crippen molar-refractivity contribution >= 4 is 11.9 Å². The molecule has 0 fully saturated rings. The highest BCUT2D eigenvalue weighted by Crippen LogP contribution is 2.27. The summed E-state index contributed by atoms with van der Waals surface area (Å²) in [7, 11) is 1.53. The second kappa shape index (κ2) is 7.78. The van der Waals surface area contributed by atoms with Gasteiger partial charge in [-0.3, -0.25) is 9.59 Å². The van der Waals surface area contributed by atoms with Crippen molar-refractivity contribution in [2.45, 2.75) is 25.7 Å². The van der Waals surface area contributed by atoms with Crippen LogP contribution in [-0.4, -0.2) is 37.2 Å². The number of methoxy groups -OCH3 is 1. The summed E-state index contributed by atoms with van der Waals surface area (Å²) < 4.78 is 4.94. The van der Waals surface area contributed by atoms with Gasteiger partial charge in [-0.25, -0.2) is 0 Å². The maximum atomic E-state index is 12.0. The number of ether oxygens (including phenoxy) is 1. The molecule has 1 rings (SSSR count). The van der Waals surface area contributed by atoms with E-state index in [0.29, 0.717) is 18.6 Å². The van der Waals surface area contributed by atoms with E-state index in [1.165, 1.54) is 7.11 Å². The number of carbonyl (C=O) groups excluding carboxylic acids is 1. The molecule has 2 unspecified atom stereocenters. The molecule has 0 aliphatic carbocycles. The Morgan fingerprint density at radius 2 is 1.95 bits per heavy atom. The monoisotopic (exact) mass is 293 g/mol. The number of aliphatic carboxylic acids is 1. The zero-order chi connectivity index (χ0) is 15.9. The van der Waals surface area contributed by atoms with Crippen LogP contribution in [0.15, 0.2) is 30.3 Å². The van der Waals surface area contributed by atoms with Crippen LogP contribution in [0, 0.1) is 5.92 Å². The Morgan fingerprint density at radius 3 is 2.43 bits per heavy atom. The first kappa shape index (κ1) is 17.2. The van der Waals surface area contributed by atoms with Crippen LogP contribution in [0.2, 0.25) is 0 Å². The van der Waals surface area contributed by atoms with Gasteiger partial charge >= 0.3 is 5.97 Å². The van der Waals surface area contributed by atoms with Gasteiger partial charge in [0, 0.05) is 13.7 Å². The van der Waals surface area contributed by atoms with Gasteiger partial charge in [0.25, 0.3) is 0 Å². The molecular formula is C16H23NO4. The number of hydrogen-bond donors (Lipinski definition) is 2. The second-order valence-electron chi connectivity index (χ2n) is 5.18. The van der Waals surface area contributed by atoms with Gasteiger partial charge in [0.15, 0.2) is 0 Å². The van der Waals surface area contributed by atoms with Crippen molar-refractivity contribution in [3.05, 3.63) is 35.9 Å². The van der Waals surface area contributed by atoms with Crippen LogP contribution in [0.25, 0.3) is 0 Å². The third-order valence-corrected chi connectivity index (χ3v) is 3.77. The largest absolute Gasteiger partial charge is 0.481 e. The summed E-state index contributed by atoms with van der Waals surface area (Å²) in [6.45, 7) is 3.93. The molecule has 1 aromatic rings. The molecule has 0 saturated heterocycles. The SMILES string of the molecule is CCC(CNC(=O)C(C)COC)(C(=O)O)c1ccccc1. The first-order valence-electron chi connectivity index (χ1n) is 7.03. The number of carboxylic acid groups (broad SMARTS) is 1. The highest BCUT2D eigenvalue weighted by molar-refractivity contribution is 5.84. The quantitative estimate of drug-likeness (QED) is 0.766. The Labute approximate surface area is 125 Å². The predicted octanol–water partition coefficient (Wildman–Crippen LogP) is 1.82. The van der Waals surface area contributed by atoms with Gasteiger partial charge in [0.05, 0.1) is 12.5 Å². The van der Waals surface area contributed by atoms with Gasteiger partial charge in [-0.15, -0.1) is 0 Å². The molecule has 0 aliphatic heterocycles. The Kier molecular flexibility index (Phi) is 6.37. The summed E-state index contributed by atoms with van der Waals surface area (Å²) in [5.74, 6) is -1.45. The molecule has 0 aliphatic rings. The number of benzene rings is 1. The van der Waals surface area contributed by atoms with Gasteiger partial charge in [0.1, 0.15) is 5.41 Å². The van der Waals surface area contributed by atoms with E-state index in [1.54, 1.807) is 31.2 Å². The Balaban J connectivity index is 2.90. The molecule has 116 valence electrons. The lowest BCUT2D eigenvalue weighted by atomic mass is 9.78. The van der Waals surface area contributed by atoms with Crippen molar-refractivity contribution in [1.29, 1.82) is 0 Å². The van der Waals surface area contributed by atoms with Crippen LogP contribution in [0.4, 0.5) is 0 Å². The molecule has 0 bridgehead atoms. The average Bonchev–Trinajstić information content (AvgIpc) is 2.49. The molecule has 21 heavy (non-hydrogen) atoms. The number of amides is 1. The summed E-state index contributed by atoms with van der Waals surface area (Å²) in [5.41, 5.74) is -0.413. The average molecular weight is 293 g/mol. The van der Waals surface area contributed by atoms with Gasteiger partial charge in [-0.05, 0) is 12.0 Å². The molecule has 1 aromatic carbocycles. The normalized spacial score (nSPS) is 15.0. The van der Waals surface area contributed by atoms with Gasteiger partial charge < -0.3 is 15.2 Å². The molecule has 0 spiro atoms. The van der Waals surface area contributed by atoms with Gasteiger partial charge in [-0.2, -0.15) is 0 Å². The van der Waals surface area contributed by atoms with Crippen molar-refractivity contribution in [3.63, 3.8) is 0 Å². The lowest BCUT2D eigenvalue weighted by Crippen LogP contribution is -2.47. The summed E-state index contributed by atoms with van der Waals surface area (Å²) in [6, 6.07) is 9.01. The van der Waals surface area contributed by atoms with E-state index in [2.05, 4.69) is 5.32 Å². The minimum absolute atomic E-state index is 0.0652. The van der Waals surface area contributed by atoms with Crippen molar-refractivity contribution in [1.82, 2.24) is 5.32 Å². The summed E-state index contributed by atoms with van der Waals surface area (Å²) in [6.07, 6.45) is 0.394. The van der Waals surface area contributed by atoms with Crippen LogP contribution < -0.4 is 5.32 Å². The lowest BCUT2D eigenvalue weighted by Gasteiger charge is -2.29. The molecule has 2 N–H and O–H groups in total. The standard InChI is InChI=1S/C16H23NO4/c1-4-16(15(19)20,13-8-6-5-7-9-13)11-17-14(18)12(2)10-21-3/h5-9,12H,4,10-11H2,1-3H3,(H,17,18)(H,19,20). The summed E-state index contributed by atoms with van der Waals surface area (Å²) >= 11 is 0. The predicted molar refractivity (Wildman–Crippen MR) is 80.1 cm³/mol. The third kappa shape index (κ3) is 4.04. The maximum Gasteiger partial charge on any atom is 0.315 e. The zero-order valence-corrected chi connectivity index (χ0v) is 12.8. The van der Waals surface area contributed by atoms with Crippen LogP contribution in [0.3, 0.4) is 0 Å². The fraction of sp³-hybridized carbons (Fsp3) is 0.500. The Bertz CT molecular complexity index is 474. The first-order valence-corrected chi connectivity index (χ1v) is 7.03. The molecule has 2 atom stereocenters. The van der Waals surface area contributed by atoms with Crippen LogP contribution in [0.5, 0.6) is 0 Å². The Hall–Kier alpha value is -1.88. The first-order chi connectivity index (χ1) is 9.97. The highest BCUT2D eigenvalue weighted by Gasteiger charge is 2.39. The van der Waals surface area contributed by atoms with Crippen molar-refractivity contribution < 1.29 is 19.4 Å². The maximum absolute atomic E-state index is 12.0. The van der Waals surface area contributed by atoms with Crippen molar-refractivity contribution in [2.75, 3.05) is 20.3 Å². The van der Waals surface area contributed by atoms with E-state index >= 15 is 0 Å². The molecule has 0 heterocycles. The second-order valence-corrected chi connectivity index (χ2v) is 5.18. The van der Waals surface area contributed by atoms with Crippen LogP contribution in [0.1, 0.15) is 25.8 Å². The molecule has 5 heteroatoms. The lowest BCUT2D eigenvalue weighted by molar-refractivity contribution is -0.144. The molecule has 0 saturated carbocycles. The molecule has 1 amide bonds. The highest BCUT2D eigenvalue weighted by atomic mass is 16.5. The van der Waals surface area contributed by atoms with E-state index < -0.39 is 11.4 Å². The minimum atomic E-state index is -1.11. The van der Waals surface area contributed by atoms with Crippen molar-refractivity contribution in [3.8, 4) is 0 Å². The molecular weight excluding hydrogens is 270 g/mol. The topological polar surface area (TPSA) is 75.6 Å². The van der Waals surface area contributed by atoms with E-state index in [9.17, 15) is 14.7 Å². The van der Waals surface area contributed by atoms with Gasteiger partial charge in [-0.1, -0.05) is 44.2 Å². The summed E-state index contributed by atoms with van der Waals surface area (Å²) in [5, 5.41) is 12.4. The zero-order valence-electron chi connectivity index (χ0n) is 12.8. The number of hydrogen-bond acceptors (Lipinski definition) is 3. The van der Waals surface area contributed by atoms with E-state index in [4.69, 9.17) is 4.74 Å². The number of nitrogens with one attached hydrogen (secondary N) is 1. The molecule has 0 aromatic heterocycles. The van der Waals surface area contributed by atoms with Crippen LogP contribution >= 0.6 is 0 Å². The fourth-order valence-corrected chi connectivity index (χ4v) is 2.28. The number of carbonyl (C=O) groups is 2. The number of carboxylic acids is 1. The Morgan fingerprint density at radius 1 is 1.33 bits per heavy atom. The van der Waals surface area contributed by atoms with E-state index in [-0.39, 0.29) is 18.4 Å². The summed E-state index contributed by atoms with van der Waals surface area (Å²) in [4.78, 5) is 23.8. The fourth-order valence-electron chi connectivity index (χ4n) is 2.28. The molecule has 0 radical (unpaired) electrons. The molecule has 5 nitrogen and oxygen atoms in total. The van der Waals surface area contributed by atoms with Gasteiger partial charge in [0.2, 0.25) is 5.91 Å². The van der Waals surface area contributed by atoms with E-state index in [1.807, 2.05) is 13.0 Å². The van der Waals surface area contributed by atoms with Crippen LogP contribution in [-0.2, 0) is 19.7 Å². The smallest absolute Gasteiger partial charge is 0.315 e. The minimum Gasteiger partial charge on any atom is -0.481 e. The van der Waals surface area contributed by atoms with E-state index in [0.717, 1.165) is 0 Å². The number of rotatable bonds is 8.